The molecule has 1 N–H and O–H groups in total. The normalized spacial score (nSPS) is 12.3. The van der Waals surface area contributed by atoms with Crippen LogP contribution in [0.4, 0.5) is 0 Å². The molecule has 326 valence electrons. The molecule has 0 spiro atoms. The number of H-pyrrole nitrogens is 1. The highest BCUT2D eigenvalue weighted by molar-refractivity contribution is 7.26. The van der Waals surface area contributed by atoms with E-state index in [1.807, 2.05) is 65.8 Å². The zero-order valence-electron chi connectivity index (χ0n) is 38.4. The fourth-order valence-corrected chi connectivity index (χ4v) is 14.0. The van der Waals surface area contributed by atoms with Crippen LogP contribution < -0.4 is 0 Å². The summed E-state index contributed by atoms with van der Waals surface area (Å²) in [5, 5.41) is 8.51. The van der Waals surface area contributed by atoms with Crippen molar-refractivity contribution < 1.29 is 0 Å². The molecule has 12 aromatic rings. The van der Waals surface area contributed by atoms with Gasteiger partial charge in [0, 0.05) is 112 Å². The molecule has 0 atom stereocenters. The van der Waals surface area contributed by atoms with Gasteiger partial charge in [-0.25, -0.2) is 4.98 Å². The van der Waals surface area contributed by atoms with Crippen molar-refractivity contribution in [2.24, 2.45) is 0 Å². The van der Waals surface area contributed by atoms with Crippen molar-refractivity contribution >= 4 is 95.9 Å². The first-order valence-electron chi connectivity index (χ1n) is 23.1. The highest BCUT2D eigenvalue weighted by atomic mass is 32.1. The van der Waals surface area contributed by atoms with Crippen molar-refractivity contribution in [1.82, 2.24) is 33.6 Å². The smallest absolute Gasteiger partial charge is 0.147 e. The number of rotatable bonds is 5. The van der Waals surface area contributed by atoms with Gasteiger partial charge in [-0.05, 0) is 142 Å². The summed E-state index contributed by atoms with van der Waals surface area (Å²) < 4.78 is 12.5. The molecule has 1 aliphatic heterocycles. The van der Waals surface area contributed by atoms with Gasteiger partial charge in [0.2, 0.25) is 0 Å². The molecule has 9 heteroatoms. The van der Waals surface area contributed by atoms with Crippen molar-refractivity contribution in [3.8, 4) is 50.6 Å². The lowest BCUT2D eigenvalue weighted by molar-refractivity contribution is 0.962. The molecular weight excluding hydrogens is 871 g/mol. The lowest BCUT2D eigenvalue weighted by Crippen LogP contribution is -2.03. The predicted octanol–water partition coefficient (Wildman–Crippen LogP) is 16.1. The van der Waals surface area contributed by atoms with Gasteiger partial charge in [-0.1, -0.05) is 42.5 Å². The van der Waals surface area contributed by atoms with E-state index in [1.165, 1.54) is 119 Å². The average molecular weight is 914 g/mol. The molecule has 0 saturated carbocycles. The molecule has 0 amide bonds. The van der Waals surface area contributed by atoms with Gasteiger partial charge in [-0.3, -0.25) is 14.5 Å². The van der Waals surface area contributed by atoms with E-state index in [9.17, 15) is 0 Å². The molecule has 14 rings (SSSR count). The number of aromatic nitrogens is 7. The molecule has 0 saturated heterocycles. The van der Waals surface area contributed by atoms with Gasteiger partial charge < -0.3 is 14.1 Å². The molecule has 1 aliphatic carbocycles. The molecule has 7 nitrogen and oxygen atoms in total. The summed E-state index contributed by atoms with van der Waals surface area (Å²) in [6, 6.07) is 42.4. The van der Waals surface area contributed by atoms with Crippen LogP contribution in [0.3, 0.4) is 0 Å². The Bertz CT molecular complexity index is 4360. The summed E-state index contributed by atoms with van der Waals surface area (Å²) in [6.07, 6.45) is 9.73. The van der Waals surface area contributed by atoms with Gasteiger partial charge in [0.05, 0.1) is 43.2 Å². The second-order valence-electron chi connectivity index (χ2n) is 18.3. The molecule has 0 bridgehead atoms. The molecular formula is C59H43N7S2. The Morgan fingerprint density at radius 2 is 1.12 bits per heavy atom. The number of hydrogen-bond acceptors (Lipinski definition) is 5. The summed E-state index contributed by atoms with van der Waals surface area (Å²) >= 11 is 3.76. The SMILES string of the molecule is Cc1c(-c2c3[nH]cccc-3c3cnccc23)c(C)n(-c2cc(-c3cc(-n4c(C)c(C)c(-n5c6cccnc6c6cccnc65)c4C)c4sc5ccccc5c4c3)cc3c2sc2ccccc23)c1C. The van der Waals surface area contributed by atoms with Crippen LogP contribution in [0.2, 0.25) is 0 Å². The van der Waals surface area contributed by atoms with Crippen molar-refractivity contribution in [1.29, 1.82) is 0 Å². The Hall–Kier alpha value is -7.85. The van der Waals surface area contributed by atoms with Gasteiger partial charge in [0.15, 0.2) is 0 Å². The minimum absolute atomic E-state index is 0.915. The predicted molar refractivity (Wildman–Crippen MR) is 286 cm³/mol. The van der Waals surface area contributed by atoms with Crippen molar-refractivity contribution in [3.63, 3.8) is 0 Å². The van der Waals surface area contributed by atoms with E-state index < -0.39 is 0 Å². The van der Waals surface area contributed by atoms with Crippen LogP contribution >= 0.6 is 22.7 Å². The Labute approximate surface area is 399 Å². The Kier molecular flexibility index (Phi) is 8.29. The van der Waals surface area contributed by atoms with Crippen molar-refractivity contribution in [3.05, 3.63) is 180 Å². The van der Waals surface area contributed by atoms with E-state index in [0.717, 1.165) is 39.1 Å². The van der Waals surface area contributed by atoms with E-state index in [2.05, 4.69) is 168 Å². The Morgan fingerprint density at radius 1 is 0.485 bits per heavy atom. The molecule has 0 fully saturated rings. The number of thiophene rings is 2. The number of benzene rings is 4. The lowest BCUT2D eigenvalue weighted by atomic mass is 9.98. The maximum atomic E-state index is 4.97. The van der Waals surface area contributed by atoms with Gasteiger partial charge in [-0.2, -0.15) is 0 Å². The summed E-state index contributed by atoms with van der Waals surface area (Å²) in [4.78, 5) is 18.0. The fourth-order valence-electron chi connectivity index (χ4n) is 11.6. The highest BCUT2D eigenvalue weighted by Gasteiger charge is 2.29. The van der Waals surface area contributed by atoms with E-state index >= 15 is 0 Å². The molecule has 4 aromatic carbocycles. The molecule has 9 heterocycles. The minimum Gasteiger partial charge on any atom is -0.361 e. The number of fused-ring (bicyclic) bond motifs is 12. The Morgan fingerprint density at radius 3 is 1.84 bits per heavy atom. The Balaban J connectivity index is 1.05. The first kappa shape index (κ1) is 39.3. The van der Waals surface area contributed by atoms with Crippen LogP contribution in [0, 0.1) is 41.5 Å². The van der Waals surface area contributed by atoms with E-state index in [1.54, 1.807) is 0 Å². The van der Waals surface area contributed by atoms with Crippen molar-refractivity contribution in [2.45, 2.75) is 41.5 Å². The summed E-state index contributed by atoms with van der Waals surface area (Å²) in [7, 11) is 0. The van der Waals surface area contributed by atoms with Gasteiger partial charge in [0.25, 0.3) is 0 Å². The number of hydrogen-bond donors (Lipinski definition) is 1. The van der Waals surface area contributed by atoms with Crippen LogP contribution in [-0.4, -0.2) is 33.6 Å². The van der Waals surface area contributed by atoms with Gasteiger partial charge in [0.1, 0.15) is 5.65 Å². The average Bonchev–Trinajstić information content (AvgIpc) is 4.19. The lowest BCUT2D eigenvalue weighted by Gasteiger charge is -2.17. The number of nitrogens with one attached hydrogen (secondary N) is 1. The van der Waals surface area contributed by atoms with Crippen molar-refractivity contribution in [2.75, 3.05) is 0 Å². The van der Waals surface area contributed by atoms with Crippen LogP contribution in [0.5, 0.6) is 0 Å². The summed E-state index contributed by atoms with van der Waals surface area (Å²) in [5.74, 6) is 0. The molecule has 2 aliphatic rings. The number of aromatic amines is 1. The van der Waals surface area contributed by atoms with Crippen LogP contribution in [-0.2, 0) is 0 Å². The zero-order chi connectivity index (χ0) is 45.7. The molecule has 68 heavy (non-hydrogen) atoms. The molecule has 0 radical (unpaired) electrons. The van der Waals surface area contributed by atoms with Crippen LogP contribution in [0.15, 0.2) is 146 Å². The third kappa shape index (κ3) is 5.25. The maximum absolute atomic E-state index is 4.97. The van der Waals surface area contributed by atoms with E-state index in [0.29, 0.717) is 0 Å². The minimum atomic E-state index is 0.915. The number of nitrogens with zero attached hydrogens (tertiary/aromatic N) is 6. The first-order chi connectivity index (χ1) is 33.3. The fraction of sp³-hybridized carbons (Fsp3) is 0.102. The second-order valence-corrected chi connectivity index (χ2v) is 20.4. The second kappa shape index (κ2) is 14.3. The maximum Gasteiger partial charge on any atom is 0.147 e. The highest BCUT2D eigenvalue weighted by Crippen LogP contribution is 2.50. The molecule has 0 unspecified atom stereocenters. The molecule has 8 aromatic heterocycles. The monoisotopic (exact) mass is 913 g/mol. The van der Waals surface area contributed by atoms with Crippen LogP contribution in [0.1, 0.15) is 33.9 Å². The van der Waals surface area contributed by atoms with Crippen LogP contribution in [0.25, 0.3) is 124 Å². The van der Waals surface area contributed by atoms with E-state index in [4.69, 9.17) is 9.97 Å². The summed E-state index contributed by atoms with van der Waals surface area (Å²) in [6.45, 7) is 13.7. The topological polar surface area (TPSA) is 69.2 Å². The number of pyridine rings is 4. The zero-order valence-corrected chi connectivity index (χ0v) is 40.0. The third-order valence-corrected chi connectivity index (χ3v) is 17.3. The first-order valence-corrected chi connectivity index (χ1v) is 24.7. The summed E-state index contributed by atoms with van der Waals surface area (Å²) in [5.41, 5.74) is 20.9. The van der Waals surface area contributed by atoms with Gasteiger partial charge >= 0.3 is 0 Å². The third-order valence-electron chi connectivity index (χ3n) is 14.8. The quantitative estimate of drug-likeness (QED) is 0.187. The standard InChI is InChI=1S/C59H43N7S2/c1-31-33(3)64(35(5)52(31)53-41-21-25-60-30-46(41)42-16-11-22-62-55(42)53)48-28-37(26-44-39-14-7-9-19-50(39)67-57(44)48)38-27-45-40-15-8-10-20-51(40)68-58(45)49(29-38)65-34(4)32(2)56(36(65)6)66-47-18-13-23-61-54(47)43-17-12-24-63-59(43)66/h7-30,62H,1-6H3. The largest absolute Gasteiger partial charge is 0.361 e. The van der Waals surface area contributed by atoms with Gasteiger partial charge in [-0.15, -0.1) is 22.7 Å². The van der Waals surface area contributed by atoms with E-state index in [-0.39, 0.29) is 0 Å².